The van der Waals surface area contributed by atoms with Crippen molar-refractivity contribution in [3.63, 3.8) is 0 Å². The number of rotatable bonds is 5. The molecule has 1 aromatic carbocycles. The van der Waals surface area contributed by atoms with E-state index in [0.717, 1.165) is 38.6 Å². The Hall–Kier alpha value is -0.820. The van der Waals surface area contributed by atoms with Crippen LogP contribution in [0.5, 0.6) is 0 Å². The normalized spacial score (nSPS) is 15.9. The van der Waals surface area contributed by atoms with Crippen molar-refractivity contribution in [1.82, 2.24) is 15.1 Å². The van der Waals surface area contributed by atoms with Gasteiger partial charge in [-0.3, -0.25) is 4.99 Å². The van der Waals surface area contributed by atoms with Crippen LogP contribution in [0.1, 0.15) is 31.4 Å². The minimum Gasteiger partial charge on any atom is -0.355 e. The average molecular weight is 430 g/mol. The molecule has 1 aromatic rings. The molecule has 2 rings (SSSR count). The lowest BCUT2D eigenvalue weighted by molar-refractivity contribution is 0.254. The van der Waals surface area contributed by atoms with Crippen LogP contribution in [0.2, 0.25) is 0 Å². The highest BCUT2D eigenvalue weighted by molar-refractivity contribution is 14.0. The van der Waals surface area contributed by atoms with Crippen molar-refractivity contribution >= 4 is 29.9 Å². The first kappa shape index (κ1) is 20.2. The van der Waals surface area contributed by atoms with Crippen LogP contribution in [0.25, 0.3) is 0 Å². The van der Waals surface area contributed by atoms with E-state index in [1.54, 1.807) is 0 Å². The fraction of sp³-hybridized carbons (Fsp3) is 0.611. The maximum Gasteiger partial charge on any atom is 0.194 e. The molecular formula is C18H31IN4. The molecule has 0 amide bonds. The second-order valence-corrected chi connectivity index (χ2v) is 6.15. The Bertz CT molecular complexity index is 504. The van der Waals surface area contributed by atoms with Gasteiger partial charge in [0, 0.05) is 39.3 Å². The largest absolute Gasteiger partial charge is 0.355 e. The number of hydrogen-bond donors (Lipinski definition) is 1. The lowest BCUT2D eigenvalue weighted by Gasteiger charge is -2.32. The standard InChI is InChI=1S/C18H30N4.HI/c1-5-15(2)21(4)13-11-20-18(19-3)22-12-10-16-8-6-7-9-17(16)14-22;/h6-9,15H,5,10-14H2,1-4H3,(H,19,20);1H. The first-order chi connectivity index (χ1) is 10.7. The van der Waals surface area contributed by atoms with E-state index in [0.29, 0.717) is 6.04 Å². The number of nitrogens with one attached hydrogen (secondary N) is 1. The second-order valence-electron chi connectivity index (χ2n) is 6.15. The number of likely N-dealkylation sites (N-methyl/N-ethyl adjacent to an activating group) is 1. The topological polar surface area (TPSA) is 30.9 Å². The third kappa shape index (κ3) is 5.64. The Balaban J connectivity index is 0.00000264. The van der Waals surface area contributed by atoms with Gasteiger partial charge in [-0.15, -0.1) is 24.0 Å². The maximum atomic E-state index is 4.46. The third-order valence-corrected chi connectivity index (χ3v) is 4.73. The van der Waals surface area contributed by atoms with E-state index in [1.165, 1.54) is 17.5 Å². The van der Waals surface area contributed by atoms with Crippen LogP contribution in [0.3, 0.4) is 0 Å². The van der Waals surface area contributed by atoms with Gasteiger partial charge in [0.05, 0.1) is 0 Å². The van der Waals surface area contributed by atoms with Crippen LogP contribution in [0.15, 0.2) is 29.3 Å². The number of fused-ring (bicyclic) bond motifs is 1. The number of benzene rings is 1. The molecule has 0 bridgehead atoms. The van der Waals surface area contributed by atoms with Crippen LogP contribution >= 0.6 is 24.0 Å². The molecule has 1 N–H and O–H groups in total. The van der Waals surface area contributed by atoms with Crippen molar-refractivity contribution in [3.8, 4) is 0 Å². The van der Waals surface area contributed by atoms with Gasteiger partial charge < -0.3 is 15.1 Å². The van der Waals surface area contributed by atoms with E-state index in [4.69, 9.17) is 0 Å². The zero-order chi connectivity index (χ0) is 15.9. The highest BCUT2D eigenvalue weighted by atomic mass is 127. The summed E-state index contributed by atoms with van der Waals surface area (Å²) >= 11 is 0. The molecule has 23 heavy (non-hydrogen) atoms. The van der Waals surface area contributed by atoms with Crippen LogP contribution in [-0.4, -0.2) is 55.5 Å². The van der Waals surface area contributed by atoms with Gasteiger partial charge in [0.25, 0.3) is 0 Å². The van der Waals surface area contributed by atoms with Gasteiger partial charge in [-0.25, -0.2) is 0 Å². The molecule has 0 aliphatic carbocycles. The highest BCUT2D eigenvalue weighted by Crippen LogP contribution is 2.18. The van der Waals surface area contributed by atoms with Gasteiger partial charge in [-0.2, -0.15) is 0 Å². The Morgan fingerprint density at radius 2 is 2.04 bits per heavy atom. The molecule has 0 fully saturated rings. The number of nitrogens with zero attached hydrogens (tertiary/aromatic N) is 3. The van der Waals surface area contributed by atoms with E-state index in [1.807, 2.05) is 7.05 Å². The highest BCUT2D eigenvalue weighted by Gasteiger charge is 2.18. The smallest absolute Gasteiger partial charge is 0.194 e. The molecular weight excluding hydrogens is 399 g/mol. The minimum atomic E-state index is 0. The molecule has 1 unspecified atom stereocenters. The van der Waals surface area contributed by atoms with Crippen molar-refractivity contribution in [2.24, 2.45) is 4.99 Å². The Morgan fingerprint density at radius 1 is 1.35 bits per heavy atom. The number of hydrogen-bond acceptors (Lipinski definition) is 2. The summed E-state index contributed by atoms with van der Waals surface area (Å²) in [5.74, 6) is 1.02. The van der Waals surface area contributed by atoms with Gasteiger partial charge in [0.2, 0.25) is 0 Å². The zero-order valence-electron chi connectivity index (χ0n) is 14.9. The molecule has 0 saturated heterocycles. The van der Waals surface area contributed by atoms with E-state index in [2.05, 4.69) is 65.3 Å². The molecule has 0 spiro atoms. The maximum absolute atomic E-state index is 4.46. The molecule has 130 valence electrons. The molecule has 1 aliphatic heterocycles. The summed E-state index contributed by atoms with van der Waals surface area (Å²) in [5.41, 5.74) is 2.90. The minimum absolute atomic E-state index is 0. The fourth-order valence-electron chi connectivity index (χ4n) is 2.88. The van der Waals surface area contributed by atoms with Gasteiger partial charge in [0.15, 0.2) is 5.96 Å². The number of aliphatic imine (C=N–C) groups is 1. The lowest BCUT2D eigenvalue weighted by Crippen LogP contribution is -2.46. The van der Waals surface area contributed by atoms with E-state index in [-0.39, 0.29) is 24.0 Å². The Labute approximate surface area is 158 Å². The van der Waals surface area contributed by atoms with Gasteiger partial charge in [-0.1, -0.05) is 31.2 Å². The predicted octanol–water partition coefficient (Wildman–Crippen LogP) is 2.97. The lowest BCUT2D eigenvalue weighted by atomic mass is 10.0. The van der Waals surface area contributed by atoms with Crippen molar-refractivity contribution < 1.29 is 0 Å². The van der Waals surface area contributed by atoms with Gasteiger partial charge in [-0.05, 0) is 37.9 Å². The quantitative estimate of drug-likeness (QED) is 0.443. The fourth-order valence-corrected chi connectivity index (χ4v) is 2.88. The summed E-state index contributed by atoms with van der Waals surface area (Å²) in [6.45, 7) is 8.48. The molecule has 5 heteroatoms. The molecule has 1 heterocycles. The molecule has 1 aliphatic rings. The first-order valence-electron chi connectivity index (χ1n) is 8.38. The predicted molar refractivity (Wildman–Crippen MR) is 110 cm³/mol. The Morgan fingerprint density at radius 3 is 2.70 bits per heavy atom. The number of halogens is 1. The number of guanidine groups is 1. The SMILES string of the molecule is CCC(C)N(C)CCNC(=NC)N1CCc2ccccc2C1.I. The van der Waals surface area contributed by atoms with Crippen molar-refractivity contribution in [2.75, 3.05) is 33.7 Å². The van der Waals surface area contributed by atoms with Crippen LogP contribution in [-0.2, 0) is 13.0 Å². The summed E-state index contributed by atoms with van der Waals surface area (Å²) in [6.07, 6.45) is 2.29. The van der Waals surface area contributed by atoms with Crippen molar-refractivity contribution in [1.29, 1.82) is 0 Å². The van der Waals surface area contributed by atoms with E-state index >= 15 is 0 Å². The van der Waals surface area contributed by atoms with Gasteiger partial charge in [0.1, 0.15) is 0 Å². The summed E-state index contributed by atoms with van der Waals surface area (Å²) in [4.78, 5) is 9.21. The summed E-state index contributed by atoms with van der Waals surface area (Å²) < 4.78 is 0. The third-order valence-electron chi connectivity index (χ3n) is 4.73. The average Bonchev–Trinajstić information content (AvgIpc) is 2.57. The van der Waals surface area contributed by atoms with E-state index in [9.17, 15) is 0 Å². The molecule has 0 radical (unpaired) electrons. The molecule has 0 saturated carbocycles. The van der Waals surface area contributed by atoms with Crippen LogP contribution < -0.4 is 5.32 Å². The zero-order valence-corrected chi connectivity index (χ0v) is 17.2. The summed E-state index contributed by atoms with van der Waals surface area (Å²) in [7, 11) is 4.07. The second kappa shape index (κ2) is 10.1. The van der Waals surface area contributed by atoms with Crippen molar-refractivity contribution in [3.05, 3.63) is 35.4 Å². The van der Waals surface area contributed by atoms with Crippen LogP contribution in [0.4, 0.5) is 0 Å². The molecule has 4 nitrogen and oxygen atoms in total. The monoisotopic (exact) mass is 430 g/mol. The first-order valence-corrected chi connectivity index (χ1v) is 8.38. The summed E-state index contributed by atoms with van der Waals surface area (Å²) in [5, 5.41) is 3.51. The van der Waals surface area contributed by atoms with E-state index < -0.39 is 0 Å². The summed E-state index contributed by atoms with van der Waals surface area (Å²) in [6, 6.07) is 9.35. The van der Waals surface area contributed by atoms with Crippen molar-refractivity contribution in [2.45, 2.75) is 39.3 Å². The van der Waals surface area contributed by atoms with Crippen LogP contribution in [0, 0.1) is 0 Å². The molecule has 1 atom stereocenters. The molecule has 0 aromatic heterocycles. The Kier molecular flexibility index (Phi) is 8.91. The van der Waals surface area contributed by atoms with Gasteiger partial charge >= 0.3 is 0 Å².